The van der Waals surface area contributed by atoms with Crippen LogP contribution in [0.1, 0.15) is 55.2 Å². The van der Waals surface area contributed by atoms with Gasteiger partial charge < -0.3 is 29.3 Å². The fourth-order valence-corrected chi connectivity index (χ4v) is 7.98. The molecule has 0 saturated carbocycles. The van der Waals surface area contributed by atoms with E-state index in [1.807, 2.05) is 128 Å². The molecule has 0 amide bonds. The summed E-state index contributed by atoms with van der Waals surface area (Å²) in [7, 11) is 4.38. The summed E-state index contributed by atoms with van der Waals surface area (Å²) >= 11 is 0. The van der Waals surface area contributed by atoms with Crippen molar-refractivity contribution in [3.05, 3.63) is 181 Å². The SMILES string of the molecule is C(=C\C1CCNCC1)/c1cncc(Oc2ccccc2)c1.CN1CCC(/C=C/c2cncc(Oc3ccccc3)c2)CC1.CN1CCC[C@@H](/C=C/c2cncc(Oc3ccccc3)c2)C1. The molecule has 9 rings (SSSR count). The second-order valence-electron chi connectivity index (χ2n) is 17.1. The predicted octanol–water partition coefficient (Wildman–Crippen LogP) is 12.3. The summed E-state index contributed by atoms with van der Waals surface area (Å²) in [5.41, 5.74) is 3.26. The molecule has 9 heteroatoms. The number of hydrogen-bond acceptors (Lipinski definition) is 9. The smallest absolute Gasteiger partial charge is 0.146 e. The van der Waals surface area contributed by atoms with E-state index in [-0.39, 0.29) is 0 Å². The van der Waals surface area contributed by atoms with E-state index in [0.29, 0.717) is 17.8 Å². The minimum atomic E-state index is 0.637. The third-order valence-electron chi connectivity index (χ3n) is 11.6. The number of likely N-dealkylation sites (tertiary alicyclic amines) is 2. The van der Waals surface area contributed by atoms with Crippen molar-refractivity contribution in [3.63, 3.8) is 0 Å². The molecule has 3 aliphatic rings. The average molecular weight is 869 g/mol. The zero-order valence-corrected chi connectivity index (χ0v) is 38.0. The van der Waals surface area contributed by atoms with Crippen LogP contribution in [-0.4, -0.2) is 78.1 Å². The molecule has 6 aromatic rings. The van der Waals surface area contributed by atoms with E-state index in [0.717, 1.165) is 70.8 Å². The minimum Gasteiger partial charge on any atom is -0.456 e. The summed E-state index contributed by atoms with van der Waals surface area (Å²) in [6.45, 7) is 6.96. The van der Waals surface area contributed by atoms with Gasteiger partial charge in [-0.15, -0.1) is 0 Å². The maximum atomic E-state index is 5.82. The number of nitrogens with one attached hydrogen (secondary N) is 1. The zero-order valence-electron chi connectivity index (χ0n) is 38.0. The first-order valence-electron chi connectivity index (χ1n) is 23.2. The summed E-state index contributed by atoms with van der Waals surface area (Å²) in [5.74, 6) is 6.80. The van der Waals surface area contributed by atoms with Gasteiger partial charge in [0.1, 0.15) is 34.5 Å². The number of pyridine rings is 3. The number of aromatic nitrogens is 3. The highest BCUT2D eigenvalue weighted by Crippen LogP contribution is 2.26. The number of benzene rings is 3. The van der Waals surface area contributed by atoms with Crippen LogP contribution in [0, 0.1) is 17.8 Å². The van der Waals surface area contributed by atoms with Crippen molar-refractivity contribution in [3.8, 4) is 34.5 Å². The molecule has 1 atom stereocenters. The van der Waals surface area contributed by atoms with E-state index < -0.39 is 0 Å². The molecule has 0 unspecified atom stereocenters. The first kappa shape index (κ1) is 46.6. The molecule has 0 bridgehead atoms. The van der Waals surface area contributed by atoms with Gasteiger partial charge >= 0.3 is 0 Å². The minimum absolute atomic E-state index is 0.637. The quantitative estimate of drug-likeness (QED) is 0.129. The van der Waals surface area contributed by atoms with Crippen LogP contribution in [0.15, 0.2) is 165 Å². The lowest BCUT2D eigenvalue weighted by Crippen LogP contribution is -2.30. The molecule has 3 aromatic carbocycles. The number of para-hydroxylation sites is 3. The Balaban J connectivity index is 0.000000145. The Morgan fingerprint density at radius 1 is 0.446 bits per heavy atom. The molecule has 3 fully saturated rings. The van der Waals surface area contributed by atoms with Crippen LogP contribution >= 0.6 is 0 Å². The van der Waals surface area contributed by atoms with Crippen LogP contribution in [0.5, 0.6) is 34.5 Å². The van der Waals surface area contributed by atoms with E-state index in [2.05, 4.69) is 80.6 Å². The first-order valence-corrected chi connectivity index (χ1v) is 23.2. The standard InChI is InChI=1S/2C19H22N2O.C18H20N2O/c1-21-11-5-6-16(15-21)9-10-17-12-19(14-20-13-17)22-18-7-3-2-4-8-18;1-21-11-9-16(10-12-21)7-8-17-13-19(15-20-14-17)22-18-5-3-2-4-6-18;1-2-4-17(5-3-1)21-18-12-16(13-20-14-18)7-6-15-8-10-19-11-9-15/h2-4,7-10,12-14,16H,5-6,11,15H2,1H3;2-8,13-16H,9-12H2,1H3;1-7,12-15,19H,8-11H2/b10-9+;8-7+;7-6+/t16-;;/m0../s1. The van der Waals surface area contributed by atoms with Crippen LogP contribution in [-0.2, 0) is 0 Å². The Hall–Kier alpha value is -6.39. The number of nitrogens with zero attached hydrogens (tertiary/aromatic N) is 5. The Kier molecular flexibility index (Phi) is 18.5. The molecular weight excluding hydrogens is 805 g/mol. The van der Waals surface area contributed by atoms with Gasteiger partial charge in [0.15, 0.2) is 0 Å². The molecule has 9 nitrogen and oxygen atoms in total. The van der Waals surface area contributed by atoms with E-state index in [1.54, 1.807) is 18.6 Å². The number of allylic oxidation sites excluding steroid dienone is 2. The lowest BCUT2D eigenvalue weighted by atomic mass is 9.96. The maximum absolute atomic E-state index is 5.82. The maximum Gasteiger partial charge on any atom is 0.146 e. The molecule has 0 spiro atoms. The third-order valence-corrected chi connectivity index (χ3v) is 11.6. The van der Waals surface area contributed by atoms with Crippen LogP contribution < -0.4 is 19.5 Å². The first-order chi connectivity index (χ1) is 32.0. The Bertz CT molecular complexity index is 2360. The number of piperidine rings is 3. The third kappa shape index (κ3) is 16.9. The normalized spacial score (nSPS) is 17.5. The zero-order chi connectivity index (χ0) is 44.7. The average Bonchev–Trinajstić information content (AvgIpc) is 3.35. The molecule has 0 radical (unpaired) electrons. The van der Waals surface area contributed by atoms with Gasteiger partial charge in [0, 0.05) is 25.1 Å². The molecule has 3 saturated heterocycles. The summed E-state index contributed by atoms with van der Waals surface area (Å²) in [5, 5.41) is 3.38. The van der Waals surface area contributed by atoms with Gasteiger partial charge in [-0.05, 0) is 174 Å². The van der Waals surface area contributed by atoms with Crippen molar-refractivity contribution in [1.82, 2.24) is 30.1 Å². The summed E-state index contributed by atoms with van der Waals surface area (Å²) in [6.07, 6.45) is 31.7. The molecule has 6 heterocycles. The van der Waals surface area contributed by atoms with Crippen molar-refractivity contribution in [2.75, 3.05) is 53.4 Å². The van der Waals surface area contributed by atoms with Gasteiger partial charge in [-0.25, -0.2) is 0 Å². The lowest BCUT2D eigenvalue weighted by molar-refractivity contribution is 0.238. The topological polar surface area (TPSA) is 84.9 Å². The van der Waals surface area contributed by atoms with E-state index in [9.17, 15) is 0 Å². The Labute approximate surface area is 386 Å². The molecule has 336 valence electrons. The summed E-state index contributed by atoms with van der Waals surface area (Å²) < 4.78 is 17.4. The Morgan fingerprint density at radius 2 is 0.846 bits per heavy atom. The van der Waals surface area contributed by atoms with E-state index >= 15 is 0 Å². The van der Waals surface area contributed by atoms with Gasteiger partial charge in [-0.3, -0.25) is 15.0 Å². The van der Waals surface area contributed by atoms with Gasteiger partial charge in [-0.1, -0.05) is 91.1 Å². The fourth-order valence-electron chi connectivity index (χ4n) is 7.98. The summed E-state index contributed by atoms with van der Waals surface area (Å²) in [6, 6.07) is 35.5. The van der Waals surface area contributed by atoms with Crippen LogP contribution in [0.4, 0.5) is 0 Å². The van der Waals surface area contributed by atoms with Crippen molar-refractivity contribution < 1.29 is 14.2 Å². The molecule has 1 N–H and O–H groups in total. The van der Waals surface area contributed by atoms with Crippen molar-refractivity contribution in [2.45, 2.75) is 38.5 Å². The fraction of sp³-hybridized carbons (Fsp3) is 0.304. The monoisotopic (exact) mass is 869 g/mol. The van der Waals surface area contributed by atoms with E-state index in [1.165, 1.54) is 58.2 Å². The van der Waals surface area contributed by atoms with Crippen molar-refractivity contribution in [1.29, 1.82) is 0 Å². The highest BCUT2D eigenvalue weighted by molar-refractivity contribution is 5.52. The second kappa shape index (κ2) is 25.8. The molecule has 0 aliphatic carbocycles. The number of rotatable bonds is 12. The predicted molar refractivity (Wildman–Crippen MR) is 265 cm³/mol. The Morgan fingerprint density at radius 3 is 1.26 bits per heavy atom. The summed E-state index contributed by atoms with van der Waals surface area (Å²) in [4.78, 5) is 17.6. The highest BCUT2D eigenvalue weighted by atomic mass is 16.5. The largest absolute Gasteiger partial charge is 0.456 e. The van der Waals surface area contributed by atoms with Crippen molar-refractivity contribution in [2.24, 2.45) is 17.8 Å². The molecule has 3 aromatic heterocycles. The van der Waals surface area contributed by atoms with Crippen LogP contribution in [0.2, 0.25) is 0 Å². The highest BCUT2D eigenvalue weighted by Gasteiger charge is 2.15. The van der Waals surface area contributed by atoms with Gasteiger partial charge in [0.2, 0.25) is 0 Å². The lowest BCUT2D eigenvalue weighted by Gasteiger charge is -2.27. The van der Waals surface area contributed by atoms with Gasteiger partial charge in [0.05, 0.1) is 18.6 Å². The van der Waals surface area contributed by atoms with Gasteiger partial charge in [-0.2, -0.15) is 0 Å². The number of hydrogen-bond donors (Lipinski definition) is 1. The second-order valence-corrected chi connectivity index (χ2v) is 17.1. The molecular formula is C56H64N6O3. The van der Waals surface area contributed by atoms with Crippen molar-refractivity contribution >= 4 is 18.2 Å². The van der Waals surface area contributed by atoms with Crippen LogP contribution in [0.25, 0.3) is 18.2 Å². The molecule has 3 aliphatic heterocycles. The molecule has 65 heavy (non-hydrogen) atoms. The van der Waals surface area contributed by atoms with E-state index in [4.69, 9.17) is 14.2 Å². The van der Waals surface area contributed by atoms with Crippen LogP contribution in [0.3, 0.4) is 0 Å². The number of ether oxygens (including phenoxy) is 3. The van der Waals surface area contributed by atoms with Gasteiger partial charge in [0.25, 0.3) is 0 Å².